The summed E-state index contributed by atoms with van der Waals surface area (Å²) >= 11 is 0. The second-order valence-electron chi connectivity index (χ2n) is 4.13. The highest BCUT2D eigenvalue weighted by atomic mass is 16.5. The summed E-state index contributed by atoms with van der Waals surface area (Å²) in [5.41, 5.74) is 3.93. The van der Waals surface area contributed by atoms with Gasteiger partial charge in [-0.3, -0.25) is 0 Å². The molecule has 0 radical (unpaired) electrons. The highest BCUT2D eigenvalue weighted by Gasteiger charge is 2.09. The van der Waals surface area contributed by atoms with Crippen LogP contribution in [0.1, 0.15) is 5.69 Å². The third-order valence-corrected chi connectivity index (χ3v) is 2.88. The number of fused-ring (bicyclic) bond motifs is 1. The largest absolute Gasteiger partial charge is 0.467 e. The topological polar surface area (TPSA) is 50.8 Å². The van der Waals surface area contributed by atoms with Crippen molar-refractivity contribution in [2.24, 2.45) is 0 Å². The van der Waals surface area contributed by atoms with E-state index < -0.39 is 0 Å². The summed E-state index contributed by atoms with van der Waals surface area (Å²) in [4.78, 5) is 11.8. The number of aromatic nitrogens is 3. The van der Waals surface area contributed by atoms with Gasteiger partial charge in [0.25, 0.3) is 0 Å². The Balaban J connectivity index is 2.22. The van der Waals surface area contributed by atoms with E-state index in [2.05, 4.69) is 21.0 Å². The summed E-state index contributed by atoms with van der Waals surface area (Å²) in [6.07, 6.45) is 1.96. The SMILES string of the molecule is COc1nc(C)cc(-c2c[nH]c3ccccc23)n1. The van der Waals surface area contributed by atoms with Crippen molar-refractivity contribution < 1.29 is 4.74 Å². The Hall–Kier alpha value is -2.36. The van der Waals surface area contributed by atoms with Crippen molar-refractivity contribution in [2.45, 2.75) is 6.92 Å². The van der Waals surface area contributed by atoms with Crippen LogP contribution < -0.4 is 4.74 Å². The van der Waals surface area contributed by atoms with Crippen LogP contribution in [0.4, 0.5) is 0 Å². The van der Waals surface area contributed by atoms with Crippen molar-refractivity contribution in [1.29, 1.82) is 0 Å². The summed E-state index contributed by atoms with van der Waals surface area (Å²) in [6, 6.07) is 10.5. The van der Waals surface area contributed by atoms with Crippen LogP contribution in [0.2, 0.25) is 0 Å². The molecule has 0 amide bonds. The molecule has 0 saturated carbocycles. The molecule has 0 unspecified atom stereocenters. The summed E-state index contributed by atoms with van der Waals surface area (Å²) < 4.78 is 5.11. The van der Waals surface area contributed by atoms with Crippen LogP contribution in [0.25, 0.3) is 22.2 Å². The average molecular weight is 239 g/mol. The number of hydrogen-bond donors (Lipinski definition) is 1. The predicted molar refractivity (Wildman–Crippen MR) is 70.6 cm³/mol. The molecule has 0 fully saturated rings. The molecule has 0 spiro atoms. The first-order chi connectivity index (χ1) is 8.78. The Morgan fingerprint density at radius 1 is 1.17 bits per heavy atom. The lowest BCUT2D eigenvalue weighted by Crippen LogP contribution is -1.95. The van der Waals surface area contributed by atoms with Crippen LogP contribution in [0.3, 0.4) is 0 Å². The molecule has 2 aromatic heterocycles. The zero-order chi connectivity index (χ0) is 12.5. The fourth-order valence-corrected chi connectivity index (χ4v) is 2.05. The second-order valence-corrected chi connectivity index (χ2v) is 4.13. The monoisotopic (exact) mass is 239 g/mol. The van der Waals surface area contributed by atoms with Crippen LogP contribution >= 0.6 is 0 Å². The summed E-state index contributed by atoms with van der Waals surface area (Å²) in [7, 11) is 1.58. The number of methoxy groups -OCH3 is 1. The van der Waals surface area contributed by atoms with Gasteiger partial charge in [-0.1, -0.05) is 18.2 Å². The summed E-state index contributed by atoms with van der Waals surface area (Å²) in [5.74, 6) is 0. The third kappa shape index (κ3) is 1.72. The molecule has 90 valence electrons. The van der Waals surface area contributed by atoms with E-state index in [9.17, 15) is 0 Å². The molecule has 0 aliphatic carbocycles. The van der Waals surface area contributed by atoms with Gasteiger partial charge in [-0.2, -0.15) is 4.98 Å². The van der Waals surface area contributed by atoms with E-state index in [0.29, 0.717) is 6.01 Å². The van der Waals surface area contributed by atoms with Gasteiger partial charge >= 0.3 is 6.01 Å². The van der Waals surface area contributed by atoms with Crippen LogP contribution in [-0.2, 0) is 0 Å². The van der Waals surface area contributed by atoms with Gasteiger partial charge in [0.05, 0.1) is 12.8 Å². The Morgan fingerprint density at radius 2 is 2.00 bits per heavy atom. The fourth-order valence-electron chi connectivity index (χ4n) is 2.05. The molecule has 2 heterocycles. The van der Waals surface area contributed by atoms with Crippen LogP contribution in [0, 0.1) is 6.92 Å². The average Bonchev–Trinajstić information content (AvgIpc) is 2.81. The highest BCUT2D eigenvalue weighted by molar-refractivity contribution is 5.94. The Labute approximate surface area is 105 Å². The molecule has 0 saturated heterocycles. The maximum Gasteiger partial charge on any atom is 0.316 e. The van der Waals surface area contributed by atoms with Crippen molar-refractivity contribution >= 4 is 10.9 Å². The number of para-hydroxylation sites is 1. The van der Waals surface area contributed by atoms with Gasteiger partial charge in [0.15, 0.2) is 0 Å². The second kappa shape index (κ2) is 4.14. The number of aryl methyl sites for hydroxylation is 1. The predicted octanol–water partition coefficient (Wildman–Crippen LogP) is 2.94. The standard InChI is InChI=1S/C14H13N3O/c1-9-7-13(17-14(16-9)18-2)11-8-15-12-6-4-3-5-10(11)12/h3-8,15H,1-2H3. The van der Waals surface area contributed by atoms with Crippen molar-refractivity contribution in [3.05, 3.63) is 42.2 Å². The van der Waals surface area contributed by atoms with E-state index in [1.54, 1.807) is 7.11 Å². The molecule has 0 bridgehead atoms. The minimum atomic E-state index is 0.398. The zero-order valence-corrected chi connectivity index (χ0v) is 10.3. The van der Waals surface area contributed by atoms with Crippen molar-refractivity contribution in [2.75, 3.05) is 7.11 Å². The number of aromatic amines is 1. The quantitative estimate of drug-likeness (QED) is 0.748. The van der Waals surface area contributed by atoms with E-state index in [1.165, 1.54) is 0 Å². The molecular formula is C14H13N3O. The number of hydrogen-bond acceptors (Lipinski definition) is 3. The lowest BCUT2D eigenvalue weighted by molar-refractivity contribution is 0.379. The lowest BCUT2D eigenvalue weighted by Gasteiger charge is -2.03. The Kier molecular flexibility index (Phi) is 2.48. The Bertz CT molecular complexity index is 703. The van der Waals surface area contributed by atoms with E-state index in [-0.39, 0.29) is 0 Å². The molecule has 3 aromatic rings. The number of ether oxygens (including phenoxy) is 1. The molecule has 4 nitrogen and oxygen atoms in total. The molecule has 1 N–H and O–H groups in total. The van der Waals surface area contributed by atoms with Crippen LogP contribution in [0.5, 0.6) is 6.01 Å². The van der Waals surface area contributed by atoms with Crippen molar-refractivity contribution in [3.63, 3.8) is 0 Å². The highest BCUT2D eigenvalue weighted by Crippen LogP contribution is 2.28. The number of H-pyrrole nitrogens is 1. The molecule has 3 rings (SSSR count). The van der Waals surface area contributed by atoms with Crippen LogP contribution in [0.15, 0.2) is 36.5 Å². The lowest BCUT2D eigenvalue weighted by atomic mass is 10.1. The number of benzene rings is 1. The molecule has 1 aromatic carbocycles. The van der Waals surface area contributed by atoms with Crippen molar-refractivity contribution in [1.82, 2.24) is 15.0 Å². The van der Waals surface area contributed by atoms with E-state index in [4.69, 9.17) is 4.74 Å². The maximum atomic E-state index is 5.11. The number of rotatable bonds is 2. The minimum Gasteiger partial charge on any atom is -0.467 e. The molecule has 18 heavy (non-hydrogen) atoms. The van der Waals surface area contributed by atoms with Gasteiger partial charge < -0.3 is 9.72 Å². The van der Waals surface area contributed by atoms with Gasteiger partial charge in [-0.05, 0) is 19.1 Å². The first-order valence-electron chi connectivity index (χ1n) is 5.74. The molecular weight excluding hydrogens is 226 g/mol. The normalized spacial score (nSPS) is 10.8. The maximum absolute atomic E-state index is 5.11. The molecule has 0 atom stereocenters. The molecule has 0 aliphatic rings. The zero-order valence-electron chi connectivity index (χ0n) is 10.3. The number of nitrogens with zero attached hydrogens (tertiary/aromatic N) is 2. The van der Waals surface area contributed by atoms with Gasteiger partial charge in [0, 0.05) is 28.4 Å². The molecule has 0 aliphatic heterocycles. The smallest absolute Gasteiger partial charge is 0.316 e. The van der Waals surface area contributed by atoms with Gasteiger partial charge in [-0.25, -0.2) is 4.98 Å². The van der Waals surface area contributed by atoms with E-state index in [1.807, 2.05) is 37.4 Å². The third-order valence-electron chi connectivity index (χ3n) is 2.88. The number of nitrogens with one attached hydrogen (secondary N) is 1. The Morgan fingerprint density at radius 3 is 2.83 bits per heavy atom. The molecule has 4 heteroatoms. The van der Waals surface area contributed by atoms with E-state index >= 15 is 0 Å². The van der Waals surface area contributed by atoms with Crippen molar-refractivity contribution in [3.8, 4) is 17.3 Å². The summed E-state index contributed by atoms with van der Waals surface area (Å²) in [5, 5.41) is 1.15. The van der Waals surface area contributed by atoms with Gasteiger partial charge in [-0.15, -0.1) is 0 Å². The first kappa shape index (κ1) is 10.8. The van der Waals surface area contributed by atoms with Gasteiger partial charge in [0.1, 0.15) is 0 Å². The minimum absolute atomic E-state index is 0.398. The summed E-state index contributed by atoms with van der Waals surface area (Å²) in [6.45, 7) is 1.93. The van der Waals surface area contributed by atoms with E-state index in [0.717, 1.165) is 27.9 Å². The van der Waals surface area contributed by atoms with Crippen LogP contribution in [-0.4, -0.2) is 22.1 Å². The first-order valence-corrected chi connectivity index (χ1v) is 5.74. The van der Waals surface area contributed by atoms with Gasteiger partial charge in [0.2, 0.25) is 0 Å². The fraction of sp³-hybridized carbons (Fsp3) is 0.143.